The summed E-state index contributed by atoms with van der Waals surface area (Å²) >= 11 is 0. The van der Waals surface area contributed by atoms with E-state index in [2.05, 4.69) is 25.8 Å². The molecule has 2 amide bonds. The number of nitrogens with zero attached hydrogens (tertiary/aromatic N) is 3. The van der Waals surface area contributed by atoms with Crippen molar-refractivity contribution in [2.24, 2.45) is 0 Å². The minimum atomic E-state index is -4.53. The monoisotopic (exact) mass is 427 g/mol. The molecule has 0 radical (unpaired) electrons. The van der Waals surface area contributed by atoms with Gasteiger partial charge in [0.05, 0.1) is 0 Å². The van der Waals surface area contributed by atoms with Gasteiger partial charge in [0, 0.05) is 31.8 Å². The van der Waals surface area contributed by atoms with Crippen molar-refractivity contribution in [3.8, 4) is 5.75 Å². The van der Waals surface area contributed by atoms with Gasteiger partial charge in [-0.2, -0.15) is 18.2 Å². The van der Waals surface area contributed by atoms with Crippen molar-refractivity contribution in [2.45, 2.75) is 44.3 Å². The lowest BCUT2D eigenvalue weighted by atomic mass is 9.99. The smallest absolute Gasteiger partial charge is 0.422 e. The quantitative estimate of drug-likeness (QED) is 0.693. The van der Waals surface area contributed by atoms with Crippen molar-refractivity contribution < 1.29 is 32.0 Å². The Kier molecular flexibility index (Phi) is 5.68. The van der Waals surface area contributed by atoms with Gasteiger partial charge in [0.2, 0.25) is 11.7 Å². The lowest BCUT2D eigenvalue weighted by molar-refractivity contribution is -0.153. The van der Waals surface area contributed by atoms with E-state index < -0.39 is 30.1 Å². The summed E-state index contributed by atoms with van der Waals surface area (Å²) in [5.41, 5.74) is -1.40. The van der Waals surface area contributed by atoms with Crippen molar-refractivity contribution in [3.05, 3.63) is 35.2 Å². The second-order valence-electron chi connectivity index (χ2n) is 7.08. The number of aryl methyl sites for hydroxylation is 1. The second-order valence-corrected chi connectivity index (χ2v) is 7.08. The molecule has 1 atom stereocenters. The molecular formula is C18H20F3N5O4. The first kappa shape index (κ1) is 21.5. The number of pyridine rings is 1. The van der Waals surface area contributed by atoms with Crippen LogP contribution in [0.2, 0.25) is 0 Å². The van der Waals surface area contributed by atoms with Crippen molar-refractivity contribution in [3.63, 3.8) is 0 Å². The lowest BCUT2D eigenvalue weighted by Gasteiger charge is -2.25. The number of aromatic nitrogens is 3. The Morgan fingerprint density at radius 2 is 2.03 bits per heavy atom. The molecule has 2 N–H and O–H groups in total. The first-order valence-electron chi connectivity index (χ1n) is 9.08. The zero-order chi connectivity index (χ0) is 22.1. The van der Waals surface area contributed by atoms with E-state index in [9.17, 15) is 22.8 Å². The molecular weight excluding hydrogens is 407 g/mol. The summed E-state index contributed by atoms with van der Waals surface area (Å²) < 4.78 is 47.6. The molecule has 1 fully saturated rings. The SMILES string of the molecule is CNC(=O)C(C)(NC(=O)c1cc(OCC(F)(F)F)c(C2CC2)cn1)c1noc(C)n1. The molecule has 0 aliphatic heterocycles. The molecule has 0 bridgehead atoms. The highest BCUT2D eigenvalue weighted by Crippen LogP contribution is 2.44. The number of rotatable bonds is 7. The van der Waals surface area contributed by atoms with E-state index in [-0.39, 0.29) is 29.1 Å². The average Bonchev–Trinajstić information content (AvgIpc) is 3.44. The molecule has 1 aliphatic rings. The number of carbonyl (C=O) groups is 2. The van der Waals surface area contributed by atoms with E-state index in [0.717, 1.165) is 18.9 Å². The minimum Gasteiger partial charge on any atom is -0.484 e. The standard InChI is InChI=1S/C18H20F3N5O4/c1-9-24-15(26-30-9)17(2,16(28)22-3)25-14(27)12-6-13(29-8-18(19,20)21)11(7-23-12)10-4-5-10/h6-7,10H,4-5,8H2,1-3H3,(H,22,28)(H,25,27). The Labute approximate surface area is 169 Å². The van der Waals surface area contributed by atoms with E-state index in [4.69, 9.17) is 9.26 Å². The normalized spacial score (nSPS) is 15.9. The van der Waals surface area contributed by atoms with Crippen LogP contribution in [0.15, 0.2) is 16.8 Å². The Bertz CT molecular complexity index is 958. The summed E-state index contributed by atoms with van der Waals surface area (Å²) in [6, 6.07) is 1.14. The molecule has 0 spiro atoms. The molecule has 30 heavy (non-hydrogen) atoms. The van der Waals surface area contributed by atoms with Crippen LogP contribution >= 0.6 is 0 Å². The van der Waals surface area contributed by atoms with Crippen LogP contribution < -0.4 is 15.4 Å². The minimum absolute atomic E-state index is 0.0521. The third kappa shape index (κ3) is 4.69. The molecule has 2 aromatic rings. The van der Waals surface area contributed by atoms with Crippen LogP contribution in [0.1, 0.15) is 53.5 Å². The number of halogens is 3. The van der Waals surface area contributed by atoms with Gasteiger partial charge >= 0.3 is 6.18 Å². The van der Waals surface area contributed by atoms with Crippen LogP contribution in [0.5, 0.6) is 5.75 Å². The Hall–Kier alpha value is -3.18. The number of nitrogens with one attached hydrogen (secondary N) is 2. The molecule has 2 heterocycles. The molecule has 3 rings (SSSR count). The number of likely N-dealkylation sites (N-methyl/N-ethyl adjacent to an activating group) is 1. The van der Waals surface area contributed by atoms with E-state index in [0.29, 0.717) is 5.56 Å². The van der Waals surface area contributed by atoms with Crippen LogP contribution in [0.4, 0.5) is 13.2 Å². The van der Waals surface area contributed by atoms with E-state index in [1.54, 1.807) is 0 Å². The highest BCUT2D eigenvalue weighted by Gasteiger charge is 2.41. The van der Waals surface area contributed by atoms with Crippen LogP contribution in [-0.2, 0) is 10.3 Å². The first-order valence-corrected chi connectivity index (χ1v) is 9.08. The maximum Gasteiger partial charge on any atom is 0.422 e. The van der Waals surface area contributed by atoms with E-state index in [1.807, 2.05) is 0 Å². The first-order chi connectivity index (χ1) is 14.0. The molecule has 2 aromatic heterocycles. The Balaban J connectivity index is 1.88. The van der Waals surface area contributed by atoms with Crippen molar-refractivity contribution in [1.82, 2.24) is 25.8 Å². The van der Waals surface area contributed by atoms with Gasteiger partial charge in [-0.1, -0.05) is 5.16 Å². The fourth-order valence-corrected chi connectivity index (χ4v) is 2.81. The maximum atomic E-state index is 12.8. The lowest BCUT2D eigenvalue weighted by Crippen LogP contribution is -2.54. The summed E-state index contributed by atoms with van der Waals surface area (Å²) in [5, 5.41) is 8.57. The van der Waals surface area contributed by atoms with Crippen LogP contribution in [0.3, 0.4) is 0 Å². The molecule has 0 saturated heterocycles. The predicted molar refractivity (Wildman–Crippen MR) is 95.7 cm³/mol. The number of hydrogen-bond donors (Lipinski definition) is 2. The van der Waals surface area contributed by atoms with Crippen LogP contribution in [0.25, 0.3) is 0 Å². The number of ether oxygens (including phenoxy) is 1. The van der Waals surface area contributed by atoms with Gasteiger partial charge in [-0.15, -0.1) is 0 Å². The second kappa shape index (κ2) is 7.92. The molecule has 1 unspecified atom stereocenters. The van der Waals surface area contributed by atoms with Gasteiger partial charge < -0.3 is 19.9 Å². The average molecular weight is 427 g/mol. The molecule has 162 valence electrons. The number of hydrogen-bond acceptors (Lipinski definition) is 7. The highest BCUT2D eigenvalue weighted by molar-refractivity contribution is 5.98. The largest absolute Gasteiger partial charge is 0.484 e. The number of carbonyl (C=O) groups excluding carboxylic acids is 2. The fourth-order valence-electron chi connectivity index (χ4n) is 2.81. The van der Waals surface area contributed by atoms with Gasteiger partial charge in [0.25, 0.3) is 11.8 Å². The summed E-state index contributed by atoms with van der Waals surface area (Å²) in [6.07, 6.45) is -1.59. The number of amides is 2. The van der Waals surface area contributed by atoms with E-state index in [1.165, 1.54) is 27.1 Å². The third-order valence-electron chi connectivity index (χ3n) is 4.56. The summed E-state index contributed by atoms with van der Waals surface area (Å²) in [5.74, 6) is -1.36. The third-order valence-corrected chi connectivity index (χ3v) is 4.56. The fraction of sp³-hybridized carbons (Fsp3) is 0.500. The van der Waals surface area contributed by atoms with Gasteiger partial charge in [-0.05, 0) is 25.7 Å². The van der Waals surface area contributed by atoms with Gasteiger partial charge in [-0.3, -0.25) is 14.6 Å². The van der Waals surface area contributed by atoms with Crippen molar-refractivity contribution >= 4 is 11.8 Å². The molecule has 1 aliphatic carbocycles. The summed E-state index contributed by atoms with van der Waals surface area (Å²) in [7, 11) is 1.37. The van der Waals surface area contributed by atoms with Crippen molar-refractivity contribution in [2.75, 3.05) is 13.7 Å². The molecule has 12 heteroatoms. The number of alkyl halides is 3. The van der Waals surface area contributed by atoms with Gasteiger partial charge in [-0.25, -0.2) is 0 Å². The Morgan fingerprint density at radius 1 is 1.33 bits per heavy atom. The summed E-state index contributed by atoms with van der Waals surface area (Å²) in [6.45, 7) is 1.40. The topological polar surface area (TPSA) is 119 Å². The zero-order valence-corrected chi connectivity index (χ0v) is 16.5. The molecule has 1 saturated carbocycles. The van der Waals surface area contributed by atoms with Gasteiger partial charge in [0.15, 0.2) is 12.1 Å². The van der Waals surface area contributed by atoms with E-state index >= 15 is 0 Å². The molecule has 9 nitrogen and oxygen atoms in total. The van der Waals surface area contributed by atoms with Gasteiger partial charge in [0.1, 0.15) is 11.4 Å². The maximum absolute atomic E-state index is 12.8. The summed E-state index contributed by atoms with van der Waals surface area (Å²) in [4.78, 5) is 33.3. The molecule has 0 aromatic carbocycles. The highest BCUT2D eigenvalue weighted by atomic mass is 19.4. The van der Waals surface area contributed by atoms with Crippen LogP contribution in [0, 0.1) is 6.92 Å². The Morgan fingerprint density at radius 3 is 2.57 bits per heavy atom. The van der Waals surface area contributed by atoms with Crippen LogP contribution in [-0.4, -0.2) is 46.8 Å². The zero-order valence-electron chi connectivity index (χ0n) is 16.5. The predicted octanol–water partition coefficient (Wildman–Crippen LogP) is 1.98. The van der Waals surface area contributed by atoms with Crippen molar-refractivity contribution in [1.29, 1.82) is 0 Å².